The van der Waals surface area contributed by atoms with E-state index in [1.165, 1.54) is 0 Å². The monoisotopic (exact) mass is 275 g/mol. The van der Waals surface area contributed by atoms with Gasteiger partial charge in [-0.25, -0.2) is 0 Å². The SMILES string of the molecule is CC(C)CC(=O)N1CCN(CCc2ccccn2)CC1. The topological polar surface area (TPSA) is 36.4 Å². The first kappa shape index (κ1) is 15.0. The van der Waals surface area contributed by atoms with Gasteiger partial charge < -0.3 is 4.90 Å². The van der Waals surface area contributed by atoms with Gasteiger partial charge in [0.15, 0.2) is 0 Å². The summed E-state index contributed by atoms with van der Waals surface area (Å²) >= 11 is 0. The lowest BCUT2D eigenvalue weighted by atomic mass is 10.1. The van der Waals surface area contributed by atoms with Crippen molar-refractivity contribution in [2.24, 2.45) is 5.92 Å². The van der Waals surface area contributed by atoms with Crippen molar-refractivity contribution in [3.05, 3.63) is 30.1 Å². The molecule has 20 heavy (non-hydrogen) atoms. The van der Waals surface area contributed by atoms with Crippen LogP contribution >= 0.6 is 0 Å². The van der Waals surface area contributed by atoms with E-state index in [-0.39, 0.29) is 0 Å². The van der Waals surface area contributed by atoms with Crippen molar-refractivity contribution in [2.45, 2.75) is 26.7 Å². The number of hydrogen-bond acceptors (Lipinski definition) is 3. The van der Waals surface area contributed by atoms with Gasteiger partial charge in [0, 0.05) is 57.5 Å². The van der Waals surface area contributed by atoms with Crippen LogP contribution in [0.1, 0.15) is 26.0 Å². The molecule has 0 bridgehead atoms. The van der Waals surface area contributed by atoms with Crippen LogP contribution < -0.4 is 0 Å². The molecule has 0 radical (unpaired) electrons. The number of nitrogens with zero attached hydrogens (tertiary/aromatic N) is 3. The Kier molecular flexibility index (Phi) is 5.53. The summed E-state index contributed by atoms with van der Waals surface area (Å²) in [6, 6.07) is 6.05. The zero-order chi connectivity index (χ0) is 14.4. The molecule has 0 N–H and O–H groups in total. The second-order valence-corrected chi connectivity index (χ2v) is 5.89. The molecule has 1 aliphatic heterocycles. The summed E-state index contributed by atoms with van der Waals surface area (Å²) < 4.78 is 0. The summed E-state index contributed by atoms with van der Waals surface area (Å²) in [5.74, 6) is 0.758. The van der Waals surface area contributed by atoms with E-state index in [0.29, 0.717) is 18.2 Å². The molecule has 1 aromatic heterocycles. The molecule has 4 nitrogen and oxygen atoms in total. The molecule has 110 valence electrons. The van der Waals surface area contributed by atoms with Crippen molar-refractivity contribution in [3.63, 3.8) is 0 Å². The van der Waals surface area contributed by atoms with Gasteiger partial charge in [-0.05, 0) is 18.1 Å². The summed E-state index contributed by atoms with van der Waals surface area (Å²) in [6.45, 7) is 8.93. The van der Waals surface area contributed by atoms with Gasteiger partial charge in [0.1, 0.15) is 0 Å². The number of hydrogen-bond donors (Lipinski definition) is 0. The second kappa shape index (κ2) is 7.39. The first-order valence-corrected chi connectivity index (χ1v) is 7.55. The Morgan fingerprint density at radius 2 is 2.00 bits per heavy atom. The van der Waals surface area contributed by atoms with Crippen LogP contribution in [-0.4, -0.2) is 53.4 Å². The summed E-state index contributed by atoms with van der Waals surface area (Å²) in [5.41, 5.74) is 1.14. The number of piperazine rings is 1. The number of carbonyl (C=O) groups excluding carboxylic acids is 1. The Hall–Kier alpha value is -1.42. The standard InChI is InChI=1S/C16H25N3O/c1-14(2)13-16(20)19-11-9-18(10-12-19)8-6-15-5-3-4-7-17-15/h3-5,7,14H,6,8-13H2,1-2H3. The van der Waals surface area contributed by atoms with Crippen molar-refractivity contribution < 1.29 is 4.79 Å². The van der Waals surface area contributed by atoms with Gasteiger partial charge in [-0.3, -0.25) is 14.7 Å². The zero-order valence-corrected chi connectivity index (χ0v) is 12.6. The fourth-order valence-electron chi connectivity index (χ4n) is 2.52. The van der Waals surface area contributed by atoms with Crippen LogP contribution in [0.2, 0.25) is 0 Å². The van der Waals surface area contributed by atoms with Gasteiger partial charge in [-0.2, -0.15) is 0 Å². The minimum absolute atomic E-state index is 0.310. The molecule has 0 atom stereocenters. The number of aromatic nitrogens is 1. The van der Waals surface area contributed by atoms with E-state index in [2.05, 4.69) is 29.8 Å². The molecule has 2 rings (SSSR count). The Labute approximate surface area is 121 Å². The predicted octanol–water partition coefficient (Wildman–Crippen LogP) is 1.81. The third-order valence-corrected chi connectivity index (χ3v) is 3.72. The second-order valence-electron chi connectivity index (χ2n) is 5.89. The number of carbonyl (C=O) groups is 1. The van der Waals surface area contributed by atoms with E-state index in [1.807, 2.05) is 23.2 Å². The van der Waals surface area contributed by atoms with E-state index < -0.39 is 0 Å². The van der Waals surface area contributed by atoms with Crippen LogP contribution in [0.25, 0.3) is 0 Å². The molecular formula is C16H25N3O. The highest BCUT2D eigenvalue weighted by Crippen LogP contribution is 2.08. The maximum atomic E-state index is 12.0. The van der Waals surface area contributed by atoms with Crippen LogP contribution in [0, 0.1) is 5.92 Å². The van der Waals surface area contributed by atoms with Crippen LogP contribution in [0.3, 0.4) is 0 Å². The molecule has 1 fully saturated rings. The fourth-order valence-corrected chi connectivity index (χ4v) is 2.52. The van der Waals surface area contributed by atoms with Crippen molar-refractivity contribution in [1.82, 2.24) is 14.8 Å². The van der Waals surface area contributed by atoms with Crippen LogP contribution in [-0.2, 0) is 11.2 Å². The predicted molar refractivity (Wildman–Crippen MR) is 80.4 cm³/mol. The largest absolute Gasteiger partial charge is 0.340 e. The molecule has 0 aliphatic carbocycles. The maximum Gasteiger partial charge on any atom is 0.222 e. The van der Waals surface area contributed by atoms with Crippen molar-refractivity contribution in [2.75, 3.05) is 32.7 Å². The average molecular weight is 275 g/mol. The average Bonchev–Trinajstić information content (AvgIpc) is 2.46. The number of pyridine rings is 1. The first-order chi connectivity index (χ1) is 9.65. The molecule has 0 unspecified atom stereocenters. The molecule has 2 heterocycles. The number of rotatable bonds is 5. The highest BCUT2D eigenvalue weighted by atomic mass is 16.2. The normalized spacial score (nSPS) is 16.6. The minimum atomic E-state index is 0.310. The third-order valence-electron chi connectivity index (χ3n) is 3.72. The van der Waals surface area contributed by atoms with Crippen LogP contribution in [0.5, 0.6) is 0 Å². The minimum Gasteiger partial charge on any atom is -0.340 e. The molecule has 0 saturated carbocycles. The molecule has 0 aromatic carbocycles. The lowest BCUT2D eigenvalue weighted by Crippen LogP contribution is -2.49. The molecule has 1 aromatic rings. The van der Waals surface area contributed by atoms with Crippen LogP contribution in [0.4, 0.5) is 0 Å². The Balaban J connectivity index is 1.70. The van der Waals surface area contributed by atoms with Gasteiger partial charge in [0.25, 0.3) is 0 Å². The quantitative estimate of drug-likeness (QED) is 0.822. The van der Waals surface area contributed by atoms with Gasteiger partial charge in [-0.15, -0.1) is 0 Å². The van der Waals surface area contributed by atoms with E-state index in [1.54, 1.807) is 0 Å². The smallest absolute Gasteiger partial charge is 0.222 e. The molecule has 1 aliphatic rings. The zero-order valence-electron chi connectivity index (χ0n) is 12.6. The van der Waals surface area contributed by atoms with E-state index in [0.717, 1.165) is 44.8 Å². The molecule has 1 saturated heterocycles. The highest BCUT2D eigenvalue weighted by molar-refractivity contribution is 5.76. The van der Waals surface area contributed by atoms with Crippen LogP contribution in [0.15, 0.2) is 24.4 Å². The summed E-state index contributed by atoms with van der Waals surface area (Å²) in [4.78, 5) is 20.8. The van der Waals surface area contributed by atoms with Crippen molar-refractivity contribution in [3.8, 4) is 0 Å². The molecule has 4 heteroatoms. The number of amides is 1. The Bertz CT molecular complexity index is 411. The maximum absolute atomic E-state index is 12.0. The van der Waals surface area contributed by atoms with E-state index in [4.69, 9.17) is 0 Å². The molecule has 1 amide bonds. The lowest BCUT2D eigenvalue weighted by molar-refractivity contribution is -0.133. The van der Waals surface area contributed by atoms with Crippen molar-refractivity contribution in [1.29, 1.82) is 0 Å². The summed E-state index contributed by atoms with van der Waals surface area (Å²) in [5, 5.41) is 0. The Morgan fingerprint density at radius 1 is 1.25 bits per heavy atom. The van der Waals surface area contributed by atoms with Gasteiger partial charge in [-0.1, -0.05) is 19.9 Å². The third kappa shape index (κ3) is 4.60. The van der Waals surface area contributed by atoms with Gasteiger partial charge in [0.2, 0.25) is 5.91 Å². The fraction of sp³-hybridized carbons (Fsp3) is 0.625. The van der Waals surface area contributed by atoms with Gasteiger partial charge >= 0.3 is 0 Å². The summed E-state index contributed by atoms with van der Waals surface area (Å²) in [7, 11) is 0. The van der Waals surface area contributed by atoms with E-state index in [9.17, 15) is 4.79 Å². The van der Waals surface area contributed by atoms with Gasteiger partial charge in [0.05, 0.1) is 0 Å². The molecular weight excluding hydrogens is 250 g/mol. The first-order valence-electron chi connectivity index (χ1n) is 7.55. The van der Waals surface area contributed by atoms with Crippen molar-refractivity contribution >= 4 is 5.91 Å². The summed E-state index contributed by atoms with van der Waals surface area (Å²) in [6.07, 6.45) is 3.51. The Morgan fingerprint density at radius 3 is 2.60 bits per heavy atom. The molecule has 0 spiro atoms. The lowest BCUT2D eigenvalue weighted by Gasteiger charge is -2.35. The highest BCUT2D eigenvalue weighted by Gasteiger charge is 2.21. The van der Waals surface area contributed by atoms with E-state index >= 15 is 0 Å².